The van der Waals surface area contributed by atoms with Crippen molar-refractivity contribution in [2.24, 2.45) is 0 Å². The van der Waals surface area contributed by atoms with Gasteiger partial charge in [-0.05, 0) is 23.3 Å². The van der Waals surface area contributed by atoms with E-state index in [9.17, 15) is 22.8 Å². The summed E-state index contributed by atoms with van der Waals surface area (Å²) in [7, 11) is 0. The Hall–Kier alpha value is -2.91. The van der Waals surface area contributed by atoms with Gasteiger partial charge in [-0.3, -0.25) is 9.69 Å². The molecule has 172 valence electrons. The van der Waals surface area contributed by atoms with Gasteiger partial charge in [0.15, 0.2) is 0 Å². The van der Waals surface area contributed by atoms with Crippen LogP contribution in [0.4, 0.5) is 13.2 Å². The SMILES string of the molecule is O=C(CCN1CCOC(c2ccc(OCCc3ccccc3)cc2)C1)OC(=O)C(F)(F)F. The van der Waals surface area contributed by atoms with Crippen LogP contribution in [0.2, 0.25) is 0 Å². The van der Waals surface area contributed by atoms with E-state index in [1.165, 1.54) is 5.56 Å². The zero-order chi connectivity index (χ0) is 23.0. The molecule has 0 radical (unpaired) electrons. The molecule has 1 atom stereocenters. The van der Waals surface area contributed by atoms with Crippen LogP contribution in [0.5, 0.6) is 5.75 Å². The van der Waals surface area contributed by atoms with Crippen molar-refractivity contribution < 1.29 is 37.0 Å². The molecule has 0 aromatic heterocycles. The Morgan fingerprint density at radius 1 is 1.06 bits per heavy atom. The molecule has 0 bridgehead atoms. The highest BCUT2D eigenvalue weighted by Crippen LogP contribution is 2.25. The molecule has 0 amide bonds. The van der Waals surface area contributed by atoms with Crippen LogP contribution in [0.3, 0.4) is 0 Å². The molecule has 1 heterocycles. The van der Waals surface area contributed by atoms with Crippen LogP contribution in [0, 0.1) is 0 Å². The maximum Gasteiger partial charge on any atom is 0.491 e. The molecule has 1 unspecified atom stereocenters. The third-order valence-corrected chi connectivity index (χ3v) is 4.97. The Balaban J connectivity index is 1.43. The highest BCUT2D eigenvalue weighted by molar-refractivity contribution is 5.88. The molecule has 1 aliphatic rings. The van der Waals surface area contributed by atoms with Gasteiger partial charge in [0.1, 0.15) is 5.75 Å². The molecule has 0 spiro atoms. The van der Waals surface area contributed by atoms with Crippen LogP contribution in [0.1, 0.15) is 23.7 Å². The Labute approximate surface area is 183 Å². The number of rotatable bonds is 8. The van der Waals surface area contributed by atoms with E-state index in [1.54, 1.807) is 0 Å². The van der Waals surface area contributed by atoms with Crippen LogP contribution in [-0.4, -0.2) is 55.9 Å². The van der Waals surface area contributed by atoms with Crippen molar-refractivity contribution in [1.29, 1.82) is 0 Å². The summed E-state index contributed by atoms with van der Waals surface area (Å²) in [5.41, 5.74) is 2.13. The number of ether oxygens (including phenoxy) is 3. The van der Waals surface area contributed by atoms with Gasteiger partial charge in [0.2, 0.25) is 0 Å². The summed E-state index contributed by atoms with van der Waals surface area (Å²) in [5.74, 6) is -2.95. The monoisotopic (exact) mass is 451 g/mol. The van der Waals surface area contributed by atoms with Crippen molar-refractivity contribution in [3.05, 3.63) is 65.7 Å². The molecule has 2 aromatic rings. The first-order valence-electron chi connectivity index (χ1n) is 10.2. The third-order valence-electron chi connectivity index (χ3n) is 4.97. The van der Waals surface area contributed by atoms with Crippen LogP contribution in [0.25, 0.3) is 0 Å². The maximum atomic E-state index is 12.2. The molecular weight excluding hydrogens is 427 g/mol. The first kappa shape index (κ1) is 23.7. The molecule has 0 aliphatic carbocycles. The maximum absolute atomic E-state index is 12.2. The van der Waals surface area contributed by atoms with Gasteiger partial charge in [-0.15, -0.1) is 0 Å². The molecule has 2 aromatic carbocycles. The fourth-order valence-corrected chi connectivity index (χ4v) is 3.28. The van der Waals surface area contributed by atoms with Gasteiger partial charge in [-0.25, -0.2) is 4.79 Å². The van der Waals surface area contributed by atoms with Gasteiger partial charge in [0.05, 0.1) is 25.7 Å². The van der Waals surface area contributed by atoms with E-state index in [0.717, 1.165) is 17.7 Å². The number of carbonyl (C=O) groups excluding carboxylic acids is 2. The molecule has 0 saturated carbocycles. The number of alkyl halides is 3. The standard InChI is InChI=1S/C23H24F3NO5/c24-23(25,26)22(29)32-21(28)10-12-27-13-15-31-20(16-27)18-6-8-19(9-7-18)30-14-11-17-4-2-1-3-5-17/h1-9,20H,10-16H2. The number of esters is 2. The molecule has 6 nitrogen and oxygen atoms in total. The third kappa shape index (κ3) is 7.35. The molecule has 1 aliphatic heterocycles. The second kappa shape index (κ2) is 11.1. The van der Waals surface area contributed by atoms with Crippen LogP contribution in [-0.2, 0) is 25.5 Å². The van der Waals surface area contributed by atoms with Gasteiger partial charge in [-0.1, -0.05) is 42.5 Å². The van der Waals surface area contributed by atoms with Crippen molar-refractivity contribution in [2.75, 3.05) is 32.8 Å². The lowest BCUT2D eigenvalue weighted by Gasteiger charge is -2.33. The lowest BCUT2D eigenvalue weighted by Crippen LogP contribution is -2.39. The number of hydrogen-bond acceptors (Lipinski definition) is 6. The highest BCUT2D eigenvalue weighted by atomic mass is 19.4. The number of morpholine rings is 1. The Kier molecular flexibility index (Phi) is 8.24. The lowest BCUT2D eigenvalue weighted by molar-refractivity contribution is -0.202. The molecule has 1 fully saturated rings. The quantitative estimate of drug-likeness (QED) is 0.451. The first-order valence-corrected chi connectivity index (χ1v) is 10.2. The minimum Gasteiger partial charge on any atom is -0.493 e. The van der Waals surface area contributed by atoms with Gasteiger partial charge in [-0.2, -0.15) is 13.2 Å². The van der Waals surface area contributed by atoms with E-state index in [-0.39, 0.29) is 19.1 Å². The molecule has 9 heteroatoms. The average molecular weight is 451 g/mol. The van der Waals surface area contributed by atoms with E-state index >= 15 is 0 Å². The zero-order valence-corrected chi connectivity index (χ0v) is 17.3. The van der Waals surface area contributed by atoms with Crippen molar-refractivity contribution >= 4 is 11.9 Å². The van der Waals surface area contributed by atoms with E-state index in [2.05, 4.69) is 4.74 Å². The van der Waals surface area contributed by atoms with Gasteiger partial charge >= 0.3 is 18.1 Å². The van der Waals surface area contributed by atoms with Crippen molar-refractivity contribution in [3.63, 3.8) is 0 Å². The van der Waals surface area contributed by atoms with Crippen LogP contribution in [0.15, 0.2) is 54.6 Å². The number of carbonyl (C=O) groups is 2. The predicted molar refractivity (Wildman–Crippen MR) is 109 cm³/mol. The summed E-state index contributed by atoms with van der Waals surface area (Å²) >= 11 is 0. The number of halogens is 3. The highest BCUT2D eigenvalue weighted by Gasteiger charge is 2.42. The van der Waals surface area contributed by atoms with E-state index in [4.69, 9.17) is 9.47 Å². The lowest BCUT2D eigenvalue weighted by atomic mass is 10.1. The summed E-state index contributed by atoms with van der Waals surface area (Å²) in [5, 5.41) is 0. The summed E-state index contributed by atoms with van der Waals surface area (Å²) in [6, 6.07) is 17.6. The first-order chi connectivity index (χ1) is 15.3. The summed E-state index contributed by atoms with van der Waals surface area (Å²) in [4.78, 5) is 24.1. The second-order valence-corrected chi connectivity index (χ2v) is 7.32. The smallest absolute Gasteiger partial charge is 0.491 e. The van der Waals surface area contributed by atoms with E-state index in [0.29, 0.717) is 26.3 Å². The Morgan fingerprint density at radius 3 is 2.47 bits per heavy atom. The second-order valence-electron chi connectivity index (χ2n) is 7.32. The fourth-order valence-electron chi connectivity index (χ4n) is 3.28. The minimum absolute atomic E-state index is 0.171. The van der Waals surface area contributed by atoms with Crippen LogP contribution >= 0.6 is 0 Å². The summed E-state index contributed by atoms with van der Waals surface area (Å²) in [6.07, 6.45) is -4.94. The zero-order valence-electron chi connectivity index (χ0n) is 17.3. The number of nitrogens with zero attached hydrogens (tertiary/aromatic N) is 1. The number of benzene rings is 2. The van der Waals surface area contributed by atoms with Gasteiger partial charge in [0, 0.05) is 26.1 Å². The molecule has 0 N–H and O–H groups in total. The van der Waals surface area contributed by atoms with Crippen molar-refractivity contribution in [3.8, 4) is 5.75 Å². The largest absolute Gasteiger partial charge is 0.493 e. The van der Waals surface area contributed by atoms with Crippen molar-refractivity contribution in [2.45, 2.75) is 25.1 Å². The summed E-state index contributed by atoms with van der Waals surface area (Å²) < 4.78 is 51.9. The van der Waals surface area contributed by atoms with Crippen molar-refractivity contribution in [1.82, 2.24) is 4.90 Å². The molecule has 3 rings (SSSR count). The topological polar surface area (TPSA) is 65.1 Å². The predicted octanol–water partition coefficient (Wildman–Crippen LogP) is 3.70. The van der Waals surface area contributed by atoms with Gasteiger partial charge < -0.3 is 14.2 Å². The minimum atomic E-state index is -5.18. The Bertz CT molecular complexity index is 887. The normalized spacial score (nSPS) is 17.0. The Morgan fingerprint density at radius 2 is 1.78 bits per heavy atom. The van der Waals surface area contributed by atoms with E-state index < -0.39 is 18.1 Å². The number of hydrogen-bond donors (Lipinski definition) is 0. The fraction of sp³-hybridized carbons (Fsp3) is 0.391. The molecule has 32 heavy (non-hydrogen) atoms. The molecular formula is C23H24F3NO5. The van der Waals surface area contributed by atoms with Gasteiger partial charge in [0.25, 0.3) is 0 Å². The average Bonchev–Trinajstić information content (AvgIpc) is 2.78. The van der Waals surface area contributed by atoms with Crippen LogP contribution < -0.4 is 4.74 Å². The molecule has 1 saturated heterocycles. The summed E-state index contributed by atoms with van der Waals surface area (Å²) in [6.45, 7) is 2.14. The van der Waals surface area contributed by atoms with E-state index in [1.807, 2.05) is 59.5 Å².